The highest BCUT2D eigenvalue weighted by atomic mass is 32.2. The van der Waals surface area contributed by atoms with Crippen LogP contribution in [0.1, 0.15) is 18.9 Å². The molecule has 5 rings (SSSR count). The first-order valence-electron chi connectivity index (χ1n) is 13.0. The zero-order valence-electron chi connectivity index (χ0n) is 22.8. The van der Waals surface area contributed by atoms with E-state index in [0.29, 0.717) is 30.0 Å². The highest BCUT2D eigenvalue weighted by molar-refractivity contribution is 7.92. The molecule has 0 aliphatic carbocycles. The molecule has 1 atom stereocenters. The van der Waals surface area contributed by atoms with Gasteiger partial charge >= 0.3 is 0 Å². The Morgan fingerprint density at radius 2 is 1.97 bits per heavy atom. The van der Waals surface area contributed by atoms with Crippen LogP contribution in [0.25, 0.3) is 11.0 Å². The van der Waals surface area contributed by atoms with Crippen molar-refractivity contribution in [2.24, 2.45) is 0 Å². The topological polar surface area (TPSA) is 105 Å². The van der Waals surface area contributed by atoms with E-state index < -0.39 is 10.0 Å². The highest BCUT2D eigenvalue weighted by Crippen LogP contribution is 2.29. The van der Waals surface area contributed by atoms with Crippen LogP contribution in [0.15, 0.2) is 60.9 Å². The third-order valence-electron chi connectivity index (χ3n) is 7.21. The smallest absolute Gasteiger partial charge is 0.232 e. The average Bonchev–Trinajstić information content (AvgIpc) is 3.34. The highest BCUT2D eigenvalue weighted by Gasteiger charge is 2.19. The number of hydrogen-bond donors (Lipinski definition) is 2. The predicted octanol–water partition coefficient (Wildman–Crippen LogP) is 3.82. The molecule has 2 N–H and O–H groups in total. The molecule has 2 aromatic carbocycles. The molecule has 0 spiro atoms. The number of aromatic nitrogens is 3. The van der Waals surface area contributed by atoms with Gasteiger partial charge in [0, 0.05) is 67.9 Å². The lowest BCUT2D eigenvalue weighted by molar-refractivity contribution is 0.414. The fourth-order valence-corrected chi connectivity index (χ4v) is 5.36. The molecule has 206 valence electrons. The minimum atomic E-state index is -3.45. The molecule has 2 aromatic heterocycles. The maximum absolute atomic E-state index is 12.3. The molecule has 1 unspecified atom stereocenters. The Labute approximate surface area is 229 Å². The number of methoxy groups -OCH3 is 1. The first kappa shape index (κ1) is 26.8. The minimum absolute atomic E-state index is 0.428. The number of ether oxygens (including phenoxy) is 1. The molecule has 39 heavy (non-hydrogen) atoms. The van der Waals surface area contributed by atoms with Gasteiger partial charge in [0.2, 0.25) is 16.0 Å². The number of nitrogens with one attached hydrogen (secondary N) is 2. The van der Waals surface area contributed by atoms with Crippen LogP contribution in [0.5, 0.6) is 5.75 Å². The zero-order chi connectivity index (χ0) is 27.6. The maximum Gasteiger partial charge on any atom is 0.232 e. The Bertz CT molecular complexity index is 1550. The van der Waals surface area contributed by atoms with Crippen LogP contribution < -0.4 is 24.6 Å². The van der Waals surface area contributed by atoms with Gasteiger partial charge in [-0.1, -0.05) is 13.0 Å². The molecule has 3 heterocycles. The van der Waals surface area contributed by atoms with Gasteiger partial charge in [0.1, 0.15) is 11.4 Å². The SMILES string of the molecule is CCC1CN(c2ccc(Nc3ncc4ccn(Cc5ccc(OC)cc5N(C)S(C)(=O)=O)c4n3)cc2)CCN1. The lowest BCUT2D eigenvalue weighted by atomic mass is 10.1. The summed E-state index contributed by atoms with van der Waals surface area (Å²) in [5.74, 6) is 1.08. The molecule has 10 nitrogen and oxygen atoms in total. The van der Waals surface area contributed by atoms with Crippen molar-refractivity contribution in [1.29, 1.82) is 0 Å². The first-order chi connectivity index (χ1) is 18.7. The average molecular weight is 550 g/mol. The number of sulfonamides is 1. The van der Waals surface area contributed by atoms with Gasteiger partial charge < -0.3 is 24.8 Å². The summed E-state index contributed by atoms with van der Waals surface area (Å²) in [5.41, 5.74) is 4.24. The number of benzene rings is 2. The molecule has 1 aliphatic heterocycles. The van der Waals surface area contributed by atoms with E-state index in [0.717, 1.165) is 48.3 Å². The Kier molecular flexibility index (Phi) is 7.62. The van der Waals surface area contributed by atoms with E-state index >= 15 is 0 Å². The summed E-state index contributed by atoms with van der Waals surface area (Å²) in [7, 11) is -0.351. The van der Waals surface area contributed by atoms with Crippen LogP contribution in [0, 0.1) is 0 Å². The number of piperazine rings is 1. The van der Waals surface area contributed by atoms with E-state index in [9.17, 15) is 8.42 Å². The van der Waals surface area contributed by atoms with Gasteiger partial charge in [-0.05, 0) is 48.4 Å². The summed E-state index contributed by atoms with van der Waals surface area (Å²) in [6.45, 7) is 5.64. The van der Waals surface area contributed by atoms with Crippen molar-refractivity contribution in [1.82, 2.24) is 19.9 Å². The fourth-order valence-electron chi connectivity index (χ4n) is 4.84. The van der Waals surface area contributed by atoms with Crippen molar-refractivity contribution in [3.63, 3.8) is 0 Å². The molecule has 0 saturated carbocycles. The molecule has 1 fully saturated rings. The van der Waals surface area contributed by atoms with Crippen molar-refractivity contribution in [2.75, 3.05) is 54.6 Å². The third-order valence-corrected chi connectivity index (χ3v) is 8.40. The quantitative estimate of drug-likeness (QED) is 0.325. The zero-order valence-corrected chi connectivity index (χ0v) is 23.6. The number of anilines is 4. The summed E-state index contributed by atoms with van der Waals surface area (Å²) in [5, 5.41) is 7.77. The van der Waals surface area contributed by atoms with Gasteiger partial charge in [-0.3, -0.25) is 4.31 Å². The van der Waals surface area contributed by atoms with E-state index in [4.69, 9.17) is 9.72 Å². The molecular formula is C28H35N7O3S. The van der Waals surface area contributed by atoms with Crippen molar-refractivity contribution in [2.45, 2.75) is 25.9 Å². The van der Waals surface area contributed by atoms with Crippen molar-refractivity contribution in [3.8, 4) is 5.75 Å². The normalized spacial score (nSPS) is 15.9. The van der Waals surface area contributed by atoms with Gasteiger partial charge in [-0.2, -0.15) is 4.98 Å². The molecule has 1 aliphatic rings. The Morgan fingerprint density at radius 3 is 2.69 bits per heavy atom. The van der Waals surface area contributed by atoms with Crippen LogP contribution in [0.4, 0.5) is 23.0 Å². The van der Waals surface area contributed by atoms with E-state index in [-0.39, 0.29) is 0 Å². The van der Waals surface area contributed by atoms with Gasteiger partial charge in [0.05, 0.1) is 25.6 Å². The lowest BCUT2D eigenvalue weighted by Gasteiger charge is -2.35. The number of hydrogen-bond acceptors (Lipinski definition) is 8. The summed E-state index contributed by atoms with van der Waals surface area (Å²) in [6, 6.07) is 16.3. The molecule has 0 radical (unpaired) electrons. The standard InChI is InChI=1S/C28H35N7O3S/c1-5-22-19-34(15-13-29-22)24-9-7-23(8-10-24)31-28-30-17-20-12-14-35(27(20)32-28)18-21-6-11-25(38-3)16-26(21)33(2)39(4,36)37/h6-12,14,16-17,22,29H,5,13,15,18-19H2,1-4H3,(H,30,31,32). The van der Waals surface area contributed by atoms with E-state index in [1.165, 1.54) is 16.2 Å². The van der Waals surface area contributed by atoms with E-state index in [1.807, 2.05) is 29.0 Å². The first-order valence-corrected chi connectivity index (χ1v) is 14.9. The minimum Gasteiger partial charge on any atom is -0.497 e. The predicted molar refractivity (Wildman–Crippen MR) is 157 cm³/mol. The van der Waals surface area contributed by atoms with Crippen LogP contribution >= 0.6 is 0 Å². The Morgan fingerprint density at radius 1 is 1.18 bits per heavy atom. The summed E-state index contributed by atoms with van der Waals surface area (Å²) < 4.78 is 33.2. The fraction of sp³-hybridized carbons (Fsp3) is 0.357. The number of fused-ring (bicyclic) bond motifs is 1. The van der Waals surface area contributed by atoms with Gasteiger partial charge in [-0.25, -0.2) is 13.4 Å². The van der Waals surface area contributed by atoms with Crippen LogP contribution in [0.2, 0.25) is 0 Å². The van der Waals surface area contributed by atoms with Crippen molar-refractivity contribution >= 4 is 44.1 Å². The summed E-state index contributed by atoms with van der Waals surface area (Å²) in [4.78, 5) is 11.7. The second-order valence-electron chi connectivity index (χ2n) is 9.82. The molecule has 4 aromatic rings. The Balaban J connectivity index is 1.37. The van der Waals surface area contributed by atoms with Crippen LogP contribution in [0.3, 0.4) is 0 Å². The number of nitrogens with zero attached hydrogens (tertiary/aromatic N) is 5. The largest absolute Gasteiger partial charge is 0.497 e. The van der Waals surface area contributed by atoms with E-state index in [1.54, 1.807) is 26.4 Å². The summed E-state index contributed by atoms with van der Waals surface area (Å²) >= 11 is 0. The lowest BCUT2D eigenvalue weighted by Crippen LogP contribution is -2.50. The van der Waals surface area contributed by atoms with E-state index in [2.05, 4.69) is 51.7 Å². The van der Waals surface area contributed by atoms with Crippen LogP contribution in [-0.2, 0) is 16.6 Å². The molecule has 11 heteroatoms. The maximum atomic E-state index is 12.3. The second kappa shape index (κ2) is 11.1. The van der Waals surface area contributed by atoms with Gasteiger partial charge in [-0.15, -0.1) is 0 Å². The number of rotatable bonds is 9. The Hall–Kier alpha value is -3.83. The van der Waals surface area contributed by atoms with Gasteiger partial charge in [0.15, 0.2) is 0 Å². The molecular weight excluding hydrogens is 514 g/mol. The summed E-state index contributed by atoms with van der Waals surface area (Å²) in [6.07, 6.45) is 6.03. The molecule has 1 saturated heterocycles. The third kappa shape index (κ3) is 5.94. The second-order valence-corrected chi connectivity index (χ2v) is 11.8. The van der Waals surface area contributed by atoms with Crippen molar-refractivity contribution < 1.29 is 13.2 Å². The monoisotopic (exact) mass is 549 g/mol. The molecule has 0 amide bonds. The molecule has 0 bridgehead atoms. The van der Waals surface area contributed by atoms with Crippen molar-refractivity contribution in [3.05, 3.63) is 66.5 Å². The van der Waals surface area contributed by atoms with Gasteiger partial charge in [0.25, 0.3) is 0 Å². The van der Waals surface area contributed by atoms with Crippen LogP contribution in [-0.4, -0.2) is 69.0 Å².